The summed E-state index contributed by atoms with van der Waals surface area (Å²) < 4.78 is 32.6. The Morgan fingerprint density at radius 1 is 0.680 bits per heavy atom. The molecule has 0 fully saturated rings. The van der Waals surface area contributed by atoms with E-state index in [1.807, 2.05) is 0 Å². The second-order valence-corrected chi connectivity index (χ2v) is 9.19. The summed E-state index contributed by atoms with van der Waals surface area (Å²) in [6, 6.07) is 0. The first kappa shape index (κ1) is 24.9. The van der Waals surface area contributed by atoms with E-state index in [4.69, 9.17) is 0 Å². The van der Waals surface area contributed by atoms with Crippen molar-refractivity contribution in [3.05, 3.63) is 0 Å². The van der Waals surface area contributed by atoms with E-state index >= 15 is 0 Å². The summed E-state index contributed by atoms with van der Waals surface area (Å²) in [6.07, 6.45) is 15.4. The third kappa shape index (κ3) is 15.8. The fourth-order valence-electron chi connectivity index (χ4n) is 3.30. The maximum atomic E-state index is 11.6. The Balaban J connectivity index is 3.93. The molecule has 0 aliphatic rings. The Bertz CT molecular complexity index is 381. The van der Waals surface area contributed by atoms with E-state index in [0.717, 1.165) is 32.1 Å². The normalized spacial score (nSPS) is 14.6. The molecule has 0 saturated heterocycles. The molecular formula is C20H42O4S. The van der Waals surface area contributed by atoms with Crippen LogP contribution in [0.15, 0.2) is 0 Å². The van der Waals surface area contributed by atoms with Gasteiger partial charge in [0.05, 0.1) is 11.4 Å². The first-order valence-corrected chi connectivity index (χ1v) is 12.1. The average molecular weight is 379 g/mol. The first-order valence-electron chi connectivity index (χ1n) is 10.6. The van der Waals surface area contributed by atoms with Gasteiger partial charge in [0.2, 0.25) is 0 Å². The Hall–Kier alpha value is -0.130. The topological polar surface area (TPSA) is 74.6 Å². The van der Waals surface area contributed by atoms with Crippen LogP contribution in [-0.2, 0) is 10.1 Å². The summed E-state index contributed by atoms with van der Waals surface area (Å²) >= 11 is 0. The summed E-state index contributed by atoms with van der Waals surface area (Å²) in [4.78, 5) is 0. The third-order valence-electron chi connectivity index (χ3n) is 4.98. The zero-order valence-electron chi connectivity index (χ0n) is 16.6. The lowest BCUT2D eigenvalue weighted by atomic mass is 10.0. The van der Waals surface area contributed by atoms with Crippen molar-refractivity contribution in [3.63, 3.8) is 0 Å². The second-order valence-electron chi connectivity index (χ2n) is 7.49. The van der Waals surface area contributed by atoms with Crippen LogP contribution >= 0.6 is 0 Å². The monoisotopic (exact) mass is 378 g/mol. The van der Waals surface area contributed by atoms with Gasteiger partial charge in [-0.3, -0.25) is 4.55 Å². The van der Waals surface area contributed by atoms with Crippen LogP contribution in [-0.4, -0.2) is 29.4 Å². The van der Waals surface area contributed by atoms with Gasteiger partial charge >= 0.3 is 0 Å². The first-order chi connectivity index (χ1) is 11.9. The van der Waals surface area contributed by atoms with Crippen LogP contribution in [0.2, 0.25) is 0 Å². The lowest BCUT2D eigenvalue weighted by molar-refractivity contribution is 0.146. The fraction of sp³-hybridized carbons (Fsp3) is 1.00. The molecule has 0 aromatic rings. The molecule has 2 atom stereocenters. The van der Waals surface area contributed by atoms with Gasteiger partial charge in [-0.1, -0.05) is 97.3 Å². The van der Waals surface area contributed by atoms with Crippen molar-refractivity contribution in [2.45, 2.75) is 128 Å². The molecule has 25 heavy (non-hydrogen) atoms. The Morgan fingerprint density at radius 2 is 1.08 bits per heavy atom. The average Bonchev–Trinajstić information content (AvgIpc) is 2.55. The SMILES string of the molecule is CCCCCCCCCCC(CC(O)CCCCCCC)S(=O)(=O)O. The van der Waals surface area contributed by atoms with Gasteiger partial charge in [-0.25, -0.2) is 0 Å². The lowest BCUT2D eigenvalue weighted by Crippen LogP contribution is -2.26. The van der Waals surface area contributed by atoms with Gasteiger partial charge in [-0.2, -0.15) is 8.42 Å². The van der Waals surface area contributed by atoms with Gasteiger partial charge in [-0.15, -0.1) is 0 Å². The molecule has 0 aromatic carbocycles. The van der Waals surface area contributed by atoms with E-state index in [2.05, 4.69) is 13.8 Å². The van der Waals surface area contributed by atoms with Crippen molar-refractivity contribution in [1.82, 2.24) is 0 Å². The molecule has 0 aliphatic heterocycles. The minimum atomic E-state index is -4.06. The number of aliphatic hydroxyl groups excluding tert-OH is 1. The van der Waals surface area contributed by atoms with Crippen molar-refractivity contribution in [2.24, 2.45) is 0 Å². The van der Waals surface area contributed by atoms with Crippen molar-refractivity contribution in [3.8, 4) is 0 Å². The van der Waals surface area contributed by atoms with E-state index in [1.54, 1.807) is 0 Å². The summed E-state index contributed by atoms with van der Waals surface area (Å²) in [7, 11) is -4.06. The smallest absolute Gasteiger partial charge is 0.267 e. The zero-order chi connectivity index (χ0) is 19.0. The van der Waals surface area contributed by atoms with Gasteiger partial charge < -0.3 is 5.11 Å². The van der Waals surface area contributed by atoms with Crippen molar-refractivity contribution in [1.29, 1.82) is 0 Å². The van der Waals surface area contributed by atoms with E-state index in [0.29, 0.717) is 12.8 Å². The second kappa shape index (κ2) is 16.1. The Labute approximate surface area is 156 Å². The molecule has 0 amide bonds. The number of rotatable bonds is 18. The minimum Gasteiger partial charge on any atom is -0.393 e. The van der Waals surface area contributed by atoms with Crippen LogP contribution in [0.25, 0.3) is 0 Å². The Kier molecular flexibility index (Phi) is 16.0. The molecule has 0 aromatic heterocycles. The number of hydrogen-bond donors (Lipinski definition) is 2. The summed E-state index contributed by atoms with van der Waals surface area (Å²) in [5.74, 6) is 0. The maximum Gasteiger partial charge on any atom is 0.267 e. The van der Waals surface area contributed by atoms with Crippen molar-refractivity contribution < 1.29 is 18.1 Å². The molecule has 0 heterocycles. The van der Waals surface area contributed by atoms with Crippen molar-refractivity contribution >= 4 is 10.1 Å². The van der Waals surface area contributed by atoms with Crippen LogP contribution in [0.5, 0.6) is 0 Å². The van der Waals surface area contributed by atoms with Crippen LogP contribution in [0.4, 0.5) is 0 Å². The van der Waals surface area contributed by atoms with Gasteiger partial charge in [0, 0.05) is 0 Å². The highest BCUT2D eigenvalue weighted by molar-refractivity contribution is 7.86. The molecular weight excluding hydrogens is 336 g/mol. The Morgan fingerprint density at radius 3 is 1.52 bits per heavy atom. The van der Waals surface area contributed by atoms with Gasteiger partial charge in [0.15, 0.2) is 0 Å². The molecule has 152 valence electrons. The molecule has 0 rings (SSSR count). The molecule has 5 heteroatoms. The van der Waals surface area contributed by atoms with E-state index < -0.39 is 21.5 Å². The number of aliphatic hydroxyl groups is 1. The van der Waals surface area contributed by atoms with Gasteiger partial charge in [0.1, 0.15) is 0 Å². The van der Waals surface area contributed by atoms with Gasteiger partial charge in [0.25, 0.3) is 10.1 Å². The van der Waals surface area contributed by atoms with E-state index in [1.165, 1.54) is 51.4 Å². The van der Waals surface area contributed by atoms with E-state index in [9.17, 15) is 18.1 Å². The van der Waals surface area contributed by atoms with E-state index in [-0.39, 0.29) is 6.42 Å². The fourth-order valence-corrected chi connectivity index (χ4v) is 4.23. The predicted octanol–water partition coefficient (Wildman–Crippen LogP) is 5.89. The molecule has 0 aliphatic carbocycles. The largest absolute Gasteiger partial charge is 0.393 e. The summed E-state index contributed by atoms with van der Waals surface area (Å²) in [5.41, 5.74) is 0. The number of unbranched alkanes of at least 4 members (excludes halogenated alkanes) is 11. The maximum absolute atomic E-state index is 11.6. The lowest BCUT2D eigenvalue weighted by Gasteiger charge is -2.18. The summed E-state index contributed by atoms with van der Waals surface area (Å²) in [5, 5.41) is 9.28. The highest BCUT2D eigenvalue weighted by Crippen LogP contribution is 2.20. The zero-order valence-corrected chi connectivity index (χ0v) is 17.4. The van der Waals surface area contributed by atoms with Crippen LogP contribution in [0, 0.1) is 0 Å². The predicted molar refractivity (Wildman–Crippen MR) is 107 cm³/mol. The molecule has 0 spiro atoms. The molecule has 0 radical (unpaired) electrons. The van der Waals surface area contributed by atoms with Crippen LogP contribution in [0.1, 0.15) is 117 Å². The van der Waals surface area contributed by atoms with Crippen LogP contribution in [0.3, 0.4) is 0 Å². The van der Waals surface area contributed by atoms with Crippen LogP contribution < -0.4 is 0 Å². The highest BCUT2D eigenvalue weighted by Gasteiger charge is 2.25. The van der Waals surface area contributed by atoms with Crippen molar-refractivity contribution in [2.75, 3.05) is 0 Å². The standard InChI is InChI=1S/C20H42O4S/c1-3-5-7-9-10-11-13-15-17-20(25(22,23)24)18-19(21)16-14-12-8-6-4-2/h19-21H,3-18H2,1-2H3,(H,22,23,24). The molecule has 2 N–H and O–H groups in total. The quantitative estimate of drug-likeness (QED) is 0.230. The molecule has 0 bridgehead atoms. The molecule has 0 saturated carbocycles. The molecule has 4 nitrogen and oxygen atoms in total. The third-order valence-corrected chi connectivity index (χ3v) is 6.25. The number of hydrogen-bond acceptors (Lipinski definition) is 3. The van der Waals surface area contributed by atoms with Gasteiger partial charge in [-0.05, 0) is 19.3 Å². The minimum absolute atomic E-state index is 0.170. The molecule has 2 unspecified atom stereocenters. The summed E-state index contributed by atoms with van der Waals surface area (Å²) in [6.45, 7) is 4.37. The highest BCUT2D eigenvalue weighted by atomic mass is 32.2.